The second-order valence-electron chi connectivity index (χ2n) is 2.45. The number of carbonyl (C=O) groups is 1. The van der Waals surface area contributed by atoms with Crippen LogP contribution in [0.15, 0.2) is 18.7 Å². The van der Waals surface area contributed by atoms with Crippen molar-refractivity contribution >= 4 is 5.91 Å². The van der Waals surface area contributed by atoms with Gasteiger partial charge in [0.1, 0.15) is 0 Å². The maximum atomic E-state index is 10.3. The van der Waals surface area contributed by atoms with E-state index >= 15 is 0 Å². The molecule has 1 aromatic rings. The monoisotopic (exact) mass is 165 g/mol. The molecule has 0 saturated heterocycles. The van der Waals surface area contributed by atoms with Crippen LogP contribution in [-0.2, 0) is 11.3 Å². The van der Waals surface area contributed by atoms with Crippen molar-refractivity contribution in [1.82, 2.24) is 14.9 Å². The molecular formula is C8H11N3O. The van der Waals surface area contributed by atoms with Gasteiger partial charge in [0.15, 0.2) is 0 Å². The lowest BCUT2D eigenvalue weighted by Gasteiger charge is -2.01. The number of hydrogen-bond donors (Lipinski definition) is 1. The summed E-state index contributed by atoms with van der Waals surface area (Å²) in [7, 11) is 0. The zero-order chi connectivity index (χ0) is 8.81. The molecule has 1 heterocycles. The number of carbonyl (C=O) groups excluding carboxylic acids is 1. The summed E-state index contributed by atoms with van der Waals surface area (Å²) in [5.41, 5.74) is 0. The zero-order valence-corrected chi connectivity index (χ0v) is 6.73. The number of hydrogen-bond acceptors (Lipinski definition) is 2. The van der Waals surface area contributed by atoms with E-state index in [2.05, 4.69) is 10.3 Å². The summed E-state index contributed by atoms with van der Waals surface area (Å²) in [4.78, 5) is 14.1. The molecule has 0 saturated carbocycles. The maximum Gasteiger partial charge on any atom is 0.224 e. The van der Waals surface area contributed by atoms with Crippen molar-refractivity contribution in [3.63, 3.8) is 0 Å². The molecule has 1 N–H and O–H groups in total. The Kier molecular flexibility index (Phi) is 3.32. The maximum absolute atomic E-state index is 10.3. The molecule has 4 nitrogen and oxygen atoms in total. The predicted octanol–water partition coefficient (Wildman–Crippen LogP) is 0.100. The summed E-state index contributed by atoms with van der Waals surface area (Å²) in [5.74, 6) is -0.472. The minimum atomic E-state index is -0.472. The van der Waals surface area contributed by atoms with E-state index < -0.39 is 5.91 Å². The van der Waals surface area contributed by atoms with Crippen LogP contribution in [-0.4, -0.2) is 22.0 Å². The van der Waals surface area contributed by atoms with Gasteiger partial charge in [-0.3, -0.25) is 4.79 Å². The molecule has 0 bridgehead atoms. The molecule has 64 valence electrons. The van der Waals surface area contributed by atoms with E-state index in [1.807, 2.05) is 10.8 Å². The third-order valence-electron chi connectivity index (χ3n) is 1.45. The first-order chi connectivity index (χ1) is 5.79. The van der Waals surface area contributed by atoms with Crippen LogP contribution in [0.1, 0.15) is 6.42 Å². The van der Waals surface area contributed by atoms with Gasteiger partial charge in [-0.1, -0.05) is 0 Å². The van der Waals surface area contributed by atoms with Crippen molar-refractivity contribution in [3.05, 3.63) is 25.6 Å². The first-order valence-electron chi connectivity index (χ1n) is 3.78. The summed E-state index contributed by atoms with van der Waals surface area (Å²) in [6, 6.07) is 0. The van der Waals surface area contributed by atoms with Crippen LogP contribution in [0, 0.1) is 6.92 Å². The molecule has 0 aliphatic rings. The fourth-order valence-electron chi connectivity index (χ4n) is 0.892. The Hall–Kier alpha value is -1.32. The topological polar surface area (TPSA) is 46.9 Å². The number of aromatic nitrogens is 2. The molecule has 4 heteroatoms. The average Bonchev–Trinajstić information content (AvgIpc) is 2.49. The molecular weight excluding hydrogens is 154 g/mol. The second-order valence-corrected chi connectivity index (χ2v) is 2.45. The minimum absolute atomic E-state index is 0.472. The van der Waals surface area contributed by atoms with Crippen LogP contribution in [0.5, 0.6) is 0 Å². The molecule has 2 radical (unpaired) electrons. The van der Waals surface area contributed by atoms with Crippen molar-refractivity contribution in [2.24, 2.45) is 0 Å². The average molecular weight is 165 g/mol. The van der Waals surface area contributed by atoms with Gasteiger partial charge in [-0.2, -0.15) is 0 Å². The Labute approximate surface area is 71.6 Å². The molecule has 0 spiro atoms. The van der Waals surface area contributed by atoms with Crippen LogP contribution in [0.25, 0.3) is 0 Å². The second kappa shape index (κ2) is 4.54. The number of aryl methyl sites for hydroxylation is 1. The SMILES string of the molecule is [CH]C(=O)NCCCn1ccnc1. The van der Waals surface area contributed by atoms with Crippen molar-refractivity contribution in [2.75, 3.05) is 6.54 Å². The highest BCUT2D eigenvalue weighted by Gasteiger charge is 1.91. The van der Waals surface area contributed by atoms with Gasteiger partial charge in [0.25, 0.3) is 0 Å². The van der Waals surface area contributed by atoms with E-state index in [1.165, 1.54) is 0 Å². The van der Waals surface area contributed by atoms with Crippen LogP contribution in [0.3, 0.4) is 0 Å². The Morgan fingerprint density at radius 2 is 2.50 bits per heavy atom. The fraction of sp³-hybridized carbons (Fsp3) is 0.375. The van der Waals surface area contributed by atoms with E-state index in [9.17, 15) is 4.79 Å². The minimum Gasteiger partial charge on any atom is -0.356 e. The molecule has 1 amide bonds. The molecule has 0 aromatic carbocycles. The first-order valence-corrected chi connectivity index (χ1v) is 3.78. The third-order valence-corrected chi connectivity index (χ3v) is 1.45. The van der Waals surface area contributed by atoms with E-state index in [4.69, 9.17) is 6.92 Å². The van der Waals surface area contributed by atoms with Crippen LogP contribution >= 0.6 is 0 Å². The van der Waals surface area contributed by atoms with Gasteiger partial charge in [0.2, 0.25) is 5.91 Å². The van der Waals surface area contributed by atoms with E-state index in [0.717, 1.165) is 13.0 Å². The molecule has 0 aliphatic carbocycles. The van der Waals surface area contributed by atoms with Gasteiger partial charge in [0, 0.05) is 25.5 Å². The predicted molar refractivity (Wildman–Crippen MR) is 44.2 cm³/mol. The third kappa shape index (κ3) is 3.18. The quantitative estimate of drug-likeness (QED) is 0.643. The number of amides is 1. The lowest BCUT2D eigenvalue weighted by atomic mass is 10.4. The van der Waals surface area contributed by atoms with Gasteiger partial charge < -0.3 is 9.88 Å². The molecule has 0 unspecified atom stereocenters. The van der Waals surface area contributed by atoms with Crippen LogP contribution in [0.2, 0.25) is 0 Å². The normalized spacial score (nSPS) is 9.75. The summed E-state index contributed by atoms with van der Waals surface area (Å²) >= 11 is 0. The molecule has 1 aromatic heterocycles. The lowest BCUT2D eigenvalue weighted by Crippen LogP contribution is -2.22. The first kappa shape index (κ1) is 8.77. The molecule has 0 fully saturated rings. The van der Waals surface area contributed by atoms with Gasteiger partial charge >= 0.3 is 0 Å². The van der Waals surface area contributed by atoms with E-state index in [1.54, 1.807) is 12.5 Å². The van der Waals surface area contributed by atoms with Crippen molar-refractivity contribution < 1.29 is 4.79 Å². The molecule has 12 heavy (non-hydrogen) atoms. The number of rotatable bonds is 4. The standard InChI is InChI=1S/C8H11N3O/c1-8(12)10-3-2-5-11-6-4-9-7-11/h1,4,6-7H,2-3,5H2,(H,10,12). The number of nitrogens with zero attached hydrogens (tertiary/aromatic N) is 2. The zero-order valence-electron chi connectivity index (χ0n) is 6.73. The molecule has 1 rings (SSSR count). The Morgan fingerprint density at radius 1 is 1.67 bits per heavy atom. The Bertz CT molecular complexity index is 230. The Balaban J connectivity index is 2.07. The summed E-state index contributed by atoms with van der Waals surface area (Å²) in [6.07, 6.45) is 6.20. The van der Waals surface area contributed by atoms with Crippen LogP contribution < -0.4 is 5.32 Å². The highest BCUT2D eigenvalue weighted by atomic mass is 16.1. The summed E-state index contributed by atoms with van der Waals surface area (Å²) in [6.45, 7) is 6.33. The summed E-state index contributed by atoms with van der Waals surface area (Å²) in [5, 5.41) is 2.51. The molecule has 0 aliphatic heterocycles. The van der Waals surface area contributed by atoms with Gasteiger partial charge in [-0.15, -0.1) is 0 Å². The summed E-state index contributed by atoms with van der Waals surface area (Å²) < 4.78 is 1.95. The van der Waals surface area contributed by atoms with Crippen molar-refractivity contribution in [2.45, 2.75) is 13.0 Å². The molecule has 0 atom stereocenters. The van der Waals surface area contributed by atoms with Gasteiger partial charge in [0.05, 0.1) is 13.3 Å². The lowest BCUT2D eigenvalue weighted by molar-refractivity contribution is -0.116. The highest BCUT2D eigenvalue weighted by Crippen LogP contribution is 1.88. The van der Waals surface area contributed by atoms with E-state index in [0.29, 0.717) is 6.54 Å². The fourth-order valence-corrected chi connectivity index (χ4v) is 0.892. The van der Waals surface area contributed by atoms with E-state index in [-0.39, 0.29) is 0 Å². The van der Waals surface area contributed by atoms with Gasteiger partial charge in [-0.05, 0) is 6.42 Å². The van der Waals surface area contributed by atoms with Crippen molar-refractivity contribution in [1.29, 1.82) is 0 Å². The van der Waals surface area contributed by atoms with Crippen LogP contribution in [0.4, 0.5) is 0 Å². The van der Waals surface area contributed by atoms with Crippen molar-refractivity contribution in [3.8, 4) is 0 Å². The largest absolute Gasteiger partial charge is 0.356 e. The Morgan fingerprint density at radius 3 is 3.08 bits per heavy atom. The smallest absolute Gasteiger partial charge is 0.224 e. The van der Waals surface area contributed by atoms with Gasteiger partial charge in [-0.25, -0.2) is 4.98 Å². The number of imidazole rings is 1. The number of nitrogens with one attached hydrogen (secondary N) is 1. The highest BCUT2D eigenvalue weighted by molar-refractivity contribution is 5.79.